The van der Waals surface area contributed by atoms with E-state index < -0.39 is 12.1 Å². The largest absolute Gasteiger partial charge is 0.466 e. The topological polar surface area (TPSA) is 95.9 Å². The first-order valence-corrected chi connectivity index (χ1v) is 30.2. The van der Waals surface area contributed by atoms with Gasteiger partial charge < -0.3 is 20.3 Å². The molecule has 0 bridgehead atoms. The highest BCUT2D eigenvalue weighted by atomic mass is 16.5. The van der Waals surface area contributed by atoms with Gasteiger partial charge >= 0.3 is 5.97 Å². The number of esters is 1. The number of rotatable bonds is 56. The summed E-state index contributed by atoms with van der Waals surface area (Å²) in [5.74, 6) is -0.0414. The standard InChI is InChI=1S/C62H117NO5/c1-3-5-7-9-11-13-14-15-16-17-23-27-30-33-36-40-44-48-52-56-62(67)68-57-53-49-45-41-37-34-31-28-25-22-20-18-19-21-24-26-29-32-35-39-43-47-51-55-61(66)63-59(58-64)60(65)54-50-46-42-38-12-10-8-6-4-2/h15-16,18,20-21,24,59-60,64-65H,3-14,17,19,22-23,25-58H2,1-2H3,(H,63,66)/b16-15-,20-18-,24-21-. The van der Waals surface area contributed by atoms with Crippen molar-refractivity contribution in [3.63, 3.8) is 0 Å². The molecule has 0 saturated carbocycles. The highest BCUT2D eigenvalue weighted by Gasteiger charge is 2.20. The second-order valence-corrected chi connectivity index (χ2v) is 20.7. The molecule has 0 aliphatic rings. The number of ether oxygens (including phenoxy) is 1. The van der Waals surface area contributed by atoms with Crippen LogP contribution in [0.4, 0.5) is 0 Å². The predicted octanol–water partition coefficient (Wildman–Crippen LogP) is 18.8. The van der Waals surface area contributed by atoms with Gasteiger partial charge in [0, 0.05) is 12.8 Å². The number of amides is 1. The van der Waals surface area contributed by atoms with E-state index in [1.807, 2.05) is 0 Å². The Labute approximate surface area is 424 Å². The van der Waals surface area contributed by atoms with Crippen LogP contribution in [0.15, 0.2) is 36.5 Å². The molecule has 0 aliphatic heterocycles. The fourth-order valence-corrected chi connectivity index (χ4v) is 9.25. The van der Waals surface area contributed by atoms with Crippen LogP contribution in [0.25, 0.3) is 0 Å². The van der Waals surface area contributed by atoms with Crippen LogP contribution in [0.5, 0.6) is 0 Å². The van der Waals surface area contributed by atoms with Gasteiger partial charge in [-0.15, -0.1) is 0 Å². The van der Waals surface area contributed by atoms with Gasteiger partial charge in [-0.1, -0.05) is 262 Å². The van der Waals surface area contributed by atoms with Crippen LogP contribution in [-0.4, -0.2) is 47.4 Å². The van der Waals surface area contributed by atoms with Gasteiger partial charge in [-0.05, 0) is 83.5 Å². The van der Waals surface area contributed by atoms with E-state index >= 15 is 0 Å². The molecule has 6 nitrogen and oxygen atoms in total. The molecule has 0 aromatic rings. The smallest absolute Gasteiger partial charge is 0.305 e. The molecule has 0 rings (SSSR count). The molecule has 0 aromatic heterocycles. The molecule has 0 fully saturated rings. The molecule has 0 aliphatic carbocycles. The summed E-state index contributed by atoms with van der Waals surface area (Å²) in [6.07, 6.45) is 71.6. The number of unbranched alkanes of at least 4 members (excludes halogenated alkanes) is 39. The minimum absolute atomic E-state index is 0.00644. The number of aliphatic hydroxyl groups is 2. The number of carbonyl (C=O) groups excluding carboxylic acids is 2. The lowest BCUT2D eigenvalue weighted by molar-refractivity contribution is -0.143. The lowest BCUT2D eigenvalue weighted by Crippen LogP contribution is -2.45. The first kappa shape index (κ1) is 66.1. The van der Waals surface area contributed by atoms with Crippen LogP contribution in [0.1, 0.15) is 322 Å². The third kappa shape index (κ3) is 53.4. The number of allylic oxidation sites excluding steroid dienone is 6. The average molecular weight is 957 g/mol. The van der Waals surface area contributed by atoms with Gasteiger partial charge in [-0.2, -0.15) is 0 Å². The van der Waals surface area contributed by atoms with Crippen molar-refractivity contribution in [3.05, 3.63) is 36.5 Å². The second-order valence-electron chi connectivity index (χ2n) is 20.7. The lowest BCUT2D eigenvalue weighted by atomic mass is 10.0. The number of nitrogens with one attached hydrogen (secondary N) is 1. The summed E-state index contributed by atoms with van der Waals surface area (Å²) in [7, 11) is 0. The molecule has 2 atom stereocenters. The van der Waals surface area contributed by atoms with Crippen molar-refractivity contribution in [1.82, 2.24) is 5.32 Å². The first-order valence-electron chi connectivity index (χ1n) is 30.2. The van der Waals surface area contributed by atoms with Gasteiger partial charge in [0.05, 0.1) is 25.4 Å². The van der Waals surface area contributed by atoms with Crippen LogP contribution in [0.2, 0.25) is 0 Å². The Morgan fingerprint density at radius 3 is 1.13 bits per heavy atom. The van der Waals surface area contributed by atoms with Gasteiger partial charge in [0.2, 0.25) is 5.91 Å². The Balaban J connectivity index is 3.40. The maximum absolute atomic E-state index is 12.4. The third-order valence-corrected chi connectivity index (χ3v) is 13.9. The fraction of sp³-hybridized carbons (Fsp3) is 0.871. The summed E-state index contributed by atoms with van der Waals surface area (Å²) in [5, 5.41) is 23.1. The van der Waals surface area contributed by atoms with Crippen molar-refractivity contribution in [2.24, 2.45) is 0 Å². The van der Waals surface area contributed by atoms with Gasteiger partial charge in [-0.3, -0.25) is 9.59 Å². The molecular weight excluding hydrogens is 839 g/mol. The zero-order valence-corrected chi connectivity index (χ0v) is 45.6. The Morgan fingerprint density at radius 2 is 0.735 bits per heavy atom. The molecule has 2 unspecified atom stereocenters. The zero-order valence-electron chi connectivity index (χ0n) is 45.6. The number of carbonyl (C=O) groups is 2. The highest BCUT2D eigenvalue weighted by Crippen LogP contribution is 2.16. The summed E-state index contributed by atoms with van der Waals surface area (Å²) in [6, 6.07) is -0.547. The summed E-state index contributed by atoms with van der Waals surface area (Å²) >= 11 is 0. The normalized spacial score (nSPS) is 12.8. The summed E-state index contributed by atoms with van der Waals surface area (Å²) < 4.78 is 5.49. The minimum atomic E-state index is -0.669. The van der Waals surface area contributed by atoms with Crippen LogP contribution < -0.4 is 5.32 Å². The Hall–Kier alpha value is -1.92. The summed E-state index contributed by atoms with van der Waals surface area (Å²) in [4.78, 5) is 24.5. The van der Waals surface area contributed by atoms with Crippen LogP contribution in [0.3, 0.4) is 0 Å². The van der Waals surface area contributed by atoms with Crippen LogP contribution in [0, 0.1) is 0 Å². The molecule has 0 aromatic carbocycles. The number of aliphatic hydroxyl groups excluding tert-OH is 2. The van der Waals surface area contributed by atoms with Gasteiger partial charge in [0.1, 0.15) is 0 Å². The van der Waals surface area contributed by atoms with E-state index in [2.05, 4.69) is 55.6 Å². The molecule has 3 N–H and O–H groups in total. The molecule has 0 heterocycles. The van der Waals surface area contributed by atoms with E-state index in [1.165, 1.54) is 231 Å². The van der Waals surface area contributed by atoms with E-state index in [0.29, 0.717) is 25.9 Å². The molecule has 400 valence electrons. The number of hydrogen-bond donors (Lipinski definition) is 3. The van der Waals surface area contributed by atoms with Crippen molar-refractivity contribution in [3.8, 4) is 0 Å². The van der Waals surface area contributed by atoms with E-state index in [1.54, 1.807) is 0 Å². The van der Waals surface area contributed by atoms with E-state index in [4.69, 9.17) is 4.74 Å². The zero-order chi connectivity index (χ0) is 49.3. The summed E-state index contributed by atoms with van der Waals surface area (Å²) in [6.45, 7) is 4.92. The lowest BCUT2D eigenvalue weighted by Gasteiger charge is -2.22. The van der Waals surface area contributed by atoms with Crippen molar-refractivity contribution >= 4 is 11.9 Å². The SMILES string of the molecule is CCCCCCCC/C=C\CCCCCCCCCCCC(=O)OCCCCCCCCCCC/C=C\C/C=C\CCCCCCCCCC(=O)NC(CO)C(O)CCCCCCCCCCC. The molecule has 1 amide bonds. The summed E-state index contributed by atoms with van der Waals surface area (Å²) in [5.41, 5.74) is 0. The monoisotopic (exact) mass is 956 g/mol. The van der Waals surface area contributed by atoms with E-state index in [0.717, 1.165) is 57.8 Å². The second kappa shape index (κ2) is 57.7. The van der Waals surface area contributed by atoms with Gasteiger partial charge in [0.25, 0.3) is 0 Å². The van der Waals surface area contributed by atoms with Crippen molar-refractivity contribution < 1.29 is 24.5 Å². The molecule has 6 heteroatoms. The predicted molar refractivity (Wildman–Crippen MR) is 296 cm³/mol. The van der Waals surface area contributed by atoms with Gasteiger partial charge in [0.15, 0.2) is 0 Å². The minimum Gasteiger partial charge on any atom is -0.466 e. The van der Waals surface area contributed by atoms with E-state index in [9.17, 15) is 19.8 Å². The fourth-order valence-electron chi connectivity index (χ4n) is 9.25. The highest BCUT2D eigenvalue weighted by molar-refractivity contribution is 5.76. The van der Waals surface area contributed by atoms with Crippen molar-refractivity contribution in [2.75, 3.05) is 13.2 Å². The average Bonchev–Trinajstić information content (AvgIpc) is 3.34. The maximum Gasteiger partial charge on any atom is 0.305 e. The maximum atomic E-state index is 12.4. The molecule has 0 saturated heterocycles. The van der Waals surface area contributed by atoms with Gasteiger partial charge in [-0.25, -0.2) is 0 Å². The van der Waals surface area contributed by atoms with Crippen LogP contribution >= 0.6 is 0 Å². The Morgan fingerprint density at radius 1 is 0.412 bits per heavy atom. The quantitative estimate of drug-likeness (QED) is 0.0321. The Bertz CT molecular complexity index is 1100. The first-order chi connectivity index (χ1) is 33.5. The van der Waals surface area contributed by atoms with Crippen molar-refractivity contribution in [1.29, 1.82) is 0 Å². The molecule has 68 heavy (non-hydrogen) atoms. The Kier molecular flexibility index (Phi) is 56.0. The van der Waals surface area contributed by atoms with E-state index in [-0.39, 0.29) is 18.5 Å². The molecule has 0 spiro atoms. The third-order valence-electron chi connectivity index (χ3n) is 13.9. The van der Waals surface area contributed by atoms with Crippen molar-refractivity contribution in [2.45, 2.75) is 334 Å². The molecular formula is C62H117NO5. The molecule has 0 radical (unpaired) electrons. The van der Waals surface area contributed by atoms with Crippen LogP contribution in [-0.2, 0) is 14.3 Å². The number of hydrogen-bond acceptors (Lipinski definition) is 5.